The van der Waals surface area contributed by atoms with E-state index in [1.165, 1.54) is 12.1 Å². The van der Waals surface area contributed by atoms with Gasteiger partial charge in [-0.15, -0.1) is 0 Å². The fourth-order valence-electron chi connectivity index (χ4n) is 2.23. The highest BCUT2D eigenvalue weighted by Crippen LogP contribution is 2.35. The van der Waals surface area contributed by atoms with Crippen LogP contribution in [0.25, 0.3) is 10.8 Å². The molecule has 0 saturated heterocycles. The minimum absolute atomic E-state index is 0.0646. The summed E-state index contributed by atoms with van der Waals surface area (Å²) in [4.78, 5) is 0. The van der Waals surface area contributed by atoms with Crippen molar-refractivity contribution in [3.8, 4) is 17.2 Å². The van der Waals surface area contributed by atoms with Crippen LogP contribution >= 0.6 is 0 Å². The molecule has 3 heteroatoms. The van der Waals surface area contributed by atoms with Crippen LogP contribution in [0, 0.1) is 0 Å². The molecule has 0 aliphatic rings. The van der Waals surface area contributed by atoms with Crippen LogP contribution in [0.2, 0.25) is 0 Å². The molecule has 3 aromatic carbocycles. The normalized spacial score (nSPS) is 10.6. The molecule has 0 unspecified atom stereocenters. The molecule has 0 spiro atoms. The monoisotopic (exact) mass is 266 g/mol. The van der Waals surface area contributed by atoms with Crippen molar-refractivity contribution in [3.63, 3.8) is 0 Å². The first-order chi connectivity index (χ1) is 9.75. The van der Waals surface area contributed by atoms with Crippen molar-refractivity contribution in [2.45, 2.75) is 6.61 Å². The average Bonchev–Trinajstić information content (AvgIpc) is 2.47. The van der Waals surface area contributed by atoms with Crippen molar-refractivity contribution in [1.29, 1.82) is 0 Å². The van der Waals surface area contributed by atoms with E-state index in [0.29, 0.717) is 0 Å². The first-order valence-electron chi connectivity index (χ1n) is 6.36. The van der Waals surface area contributed by atoms with Gasteiger partial charge >= 0.3 is 0 Å². The molecule has 2 N–H and O–H groups in total. The van der Waals surface area contributed by atoms with Gasteiger partial charge in [0.05, 0.1) is 0 Å². The second-order valence-corrected chi connectivity index (χ2v) is 4.55. The second kappa shape index (κ2) is 5.13. The van der Waals surface area contributed by atoms with Crippen LogP contribution in [0.3, 0.4) is 0 Å². The van der Waals surface area contributed by atoms with Gasteiger partial charge in [0.2, 0.25) is 5.75 Å². The number of benzene rings is 3. The zero-order valence-corrected chi connectivity index (χ0v) is 10.8. The number of rotatable bonds is 3. The van der Waals surface area contributed by atoms with Crippen LogP contribution in [-0.2, 0) is 6.61 Å². The van der Waals surface area contributed by atoms with Crippen LogP contribution < -0.4 is 4.74 Å². The summed E-state index contributed by atoms with van der Waals surface area (Å²) < 4.78 is 5.56. The summed E-state index contributed by atoms with van der Waals surface area (Å²) in [5.74, 6) is -0.0177. The molecule has 0 amide bonds. The van der Waals surface area contributed by atoms with Crippen LogP contribution in [-0.4, -0.2) is 10.2 Å². The summed E-state index contributed by atoms with van der Waals surface area (Å²) in [6, 6.07) is 18.5. The number of phenolic OH excluding ortho intramolecular Hbond substituents is 2. The van der Waals surface area contributed by atoms with E-state index in [0.717, 1.165) is 16.3 Å². The maximum Gasteiger partial charge on any atom is 0.203 e. The summed E-state index contributed by atoms with van der Waals surface area (Å²) in [5, 5.41) is 21.6. The maximum absolute atomic E-state index is 9.70. The predicted molar refractivity (Wildman–Crippen MR) is 78.1 cm³/mol. The van der Waals surface area contributed by atoms with Crippen molar-refractivity contribution in [1.82, 2.24) is 0 Å². The van der Waals surface area contributed by atoms with E-state index < -0.39 is 0 Å². The molecule has 3 aromatic rings. The fourth-order valence-corrected chi connectivity index (χ4v) is 2.23. The second-order valence-electron chi connectivity index (χ2n) is 4.55. The summed E-state index contributed by atoms with van der Waals surface area (Å²) in [6.45, 7) is 0.284. The SMILES string of the molecule is Oc1cccc(O)c1OCc1cccc2ccccc12. The molecule has 3 rings (SSSR count). The van der Waals surface area contributed by atoms with Gasteiger partial charge in [-0.1, -0.05) is 48.5 Å². The lowest BCUT2D eigenvalue weighted by Gasteiger charge is -2.11. The van der Waals surface area contributed by atoms with E-state index in [4.69, 9.17) is 4.74 Å². The van der Waals surface area contributed by atoms with Gasteiger partial charge in [-0.05, 0) is 28.5 Å². The Kier molecular flexibility index (Phi) is 3.17. The van der Waals surface area contributed by atoms with Crippen molar-refractivity contribution in [3.05, 3.63) is 66.2 Å². The van der Waals surface area contributed by atoms with Gasteiger partial charge in [0, 0.05) is 0 Å². The lowest BCUT2D eigenvalue weighted by Crippen LogP contribution is -1.97. The van der Waals surface area contributed by atoms with E-state index in [2.05, 4.69) is 0 Å². The minimum Gasteiger partial charge on any atom is -0.504 e. The zero-order valence-electron chi connectivity index (χ0n) is 10.8. The van der Waals surface area contributed by atoms with Gasteiger partial charge in [0.15, 0.2) is 11.5 Å². The lowest BCUT2D eigenvalue weighted by molar-refractivity contribution is 0.274. The summed E-state index contributed by atoms with van der Waals surface area (Å²) in [5.41, 5.74) is 1.01. The highest BCUT2D eigenvalue weighted by molar-refractivity contribution is 5.85. The molecule has 0 aliphatic heterocycles. The van der Waals surface area contributed by atoms with Gasteiger partial charge in [-0.3, -0.25) is 0 Å². The van der Waals surface area contributed by atoms with E-state index in [1.807, 2.05) is 42.5 Å². The fraction of sp³-hybridized carbons (Fsp3) is 0.0588. The van der Waals surface area contributed by atoms with E-state index in [-0.39, 0.29) is 23.9 Å². The number of phenols is 2. The molecule has 0 aromatic heterocycles. The molecule has 100 valence electrons. The minimum atomic E-state index is -0.0646. The Balaban J connectivity index is 1.91. The topological polar surface area (TPSA) is 49.7 Å². The number of para-hydroxylation sites is 1. The van der Waals surface area contributed by atoms with Crippen LogP contribution in [0.15, 0.2) is 60.7 Å². The molecule has 0 saturated carbocycles. The first kappa shape index (κ1) is 12.4. The molecular formula is C17H14O3. The zero-order chi connectivity index (χ0) is 13.9. The molecular weight excluding hydrogens is 252 g/mol. The number of aromatic hydroxyl groups is 2. The molecule has 3 nitrogen and oxygen atoms in total. The van der Waals surface area contributed by atoms with Crippen molar-refractivity contribution < 1.29 is 14.9 Å². The van der Waals surface area contributed by atoms with Gasteiger partial charge in [-0.2, -0.15) is 0 Å². The molecule has 0 aliphatic carbocycles. The highest BCUT2D eigenvalue weighted by Gasteiger charge is 2.09. The Bertz CT molecular complexity index is 725. The van der Waals surface area contributed by atoms with Crippen molar-refractivity contribution >= 4 is 10.8 Å². The summed E-state index contributed by atoms with van der Waals surface area (Å²) >= 11 is 0. The Morgan fingerprint density at radius 3 is 2.20 bits per heavy atom. The molecule has 0 atom stereocenters. The summed E-state index contributed by atoms with van der Waals surface area (Å²) in [7, 11) is 0. The largest absolute Gasteiger partial charge is 0.504 e. The Morgan fingerprint density at radius 1 is 0.750 bits per heavy atom. The lowest BCUT2D eigenvalue weighted by atomic mass is 10.1. The molecule has 0 radical (unpaired) electrons. The molecule has 0 fully saturated rings. The highest BCUT2D eigenvalue weighted by atomic mass is 16.5. The van der Waals surface area contributed by atoms with E-state index in [1.54, 1.807) is 6.07 Å². The number of hydrogen-bond acceptors (Lipinski definition) is 3. The third-order valence-electron chi connectivity index (χ3n) is 3.23. The van der Waals surface area contributed by atoms with Gasteiger partial charge in [0.25, 0.3) is 0 Å². The molecule has 0 bridgehead atoms. The third-order valence-corrected chi connectivity index (χ3v) is 3.23. The van der Waals surface area contributed by atoms with Crippen molar-refractivity contribution in [2.75, 3.05) is 0 Å². The Hall–Kier alpha value is -2.68. The Labute approximate surface area is 116 Å². The standard InChI is InChI=1S/C17H14O3/c18-15-9-4-10-16(19)17(15)20-11-13-7-3-6-12-5-1-2-8-14(12)13/h1-10,18-19H,11H2. The van der Waals surface area contributed by atoms with E-state index in [9.17, 15) is 10.2 Å². The van der Waals surface area contributed by atoms with Crippen LogP contribution in [0.4, 0.5) is 0 Å². The number of hydrogen-bond donors (Lipinski definition) is 2. The quantitative estimate of drug-likeness (QED) is 0.757. The van der Waals surface area contributed by atoms with Gasteiger partial charge < -0.3 is 14.9 Å². The first-order valence-corrected chi connectivity index (χ1v) is 6.36. The maximum atomic E-state index is 9.70. The third kappa shape index (κ3) is 2.26. The number of fused-ring (bicyclic) bond motifs is 1. The Morgan fingerprint density at radius 2 is 1.40 bits per heavy atom. The van der Waals surface area contributed by atoms with E-state index >= 15 is 0 Å². The molecule has 20 heavy (non-hydrogen) atoms. The smallest absolute Gasteiger partial charge is 0.203 e. The van der Waals surface area contributed by atoms with Crippen LogP contribution in [0.1, 0.15) is 5.56 Å². The van der Waals surface area contributed by atoms with Crippen LogP contribution in [0.5, 0.6) is 17.2 Å². The predicted octanol–water partition coefficient (Wildman–Crippen LogP) is 3.83. The summed E-state index contributed by atoms with van der Waals surface area (Å²) in [6.07, 6.45) is 0. The van der Waals surface area contributed by atoms with Gasteiger partial charge in [-0.25, -0.2) is 0 Å². The number of ether oxygens (including phenoxy) is 1. The van der Waals surface area contributed by atoms with Crippen molar-refractivity contribution in [2.24, 2.45) is 0 Å². The van der Waals surface area contributed by atoms with Gasteiger partial charge in [0.1, 0.15) is 6.61 Å². The molecule has 0 heterocycles. The average molecular weight is 266 g/mol.